The third-order valence-corrected chi connectivity index (χ3v) is 2.98. The Morgan fingerprint density at radius 2 is 1.94 bits per heavy atom. The number of benzene rings is 1. The van der Waals surface area contributed by atoms with Crippen molar-refractivity contribution in [1.29, 1.82) is 0 Å². The second-order valence-corrected chi connectivity index (χ2v) is 4.19. The summed E-state index contributed by atoms with van der Waals surface area (Å²) in [4.78, 5) is 10.9. The first-order chi connectivity index (χ1) is 8.40. The Morgan fingerprint density at radius 1 is 1.28 bits per heavy atom. The van der Waals surface area contributed by atoms with Crippen molar-refractivity contribution in [1.82, 2.24) is 0 Å². The van der Waals surface area contributed by atoms with Crippen LogP contribution in [0.4, 0.5) is 13.2 Å². The molecule has 3 nitrogen and oxygen atoms in total. The molecule has 1 fully saturated rings. The highest BCUT2D eigenvalue weighted by Crippen LogP contribution is 2.48. The molecule has 0 N–H and O–H groups in total. The molecule has 0 saturated heterocycles. The molecule has 1 aromatic carbocycles. The van der Waals surface area contributed by atoms with Gasteiger partial charge in [0, 0.05) is 0 Å². The van der Waals surface area contributed by atoms with E-state index < -0.39 is 17.5 Å². The molecule has 0 amide bonds. The molecular formula is C12H11F3O3. The summed E-state index contributed by atoms with van der Waals surface area (Å²) in [5.41, 5.74) is -0.117. The molecule has 98 valence electrons. The molecule has 1 aliphatic carbocycles. The van der Waals surface area contributed by atoms with Crippen LogP contribution in [0.25, 0.3) is 0 Å². The topological polar surface area (TPSA) is 35.5 Å². The number of hydrogen-bond acceptors (Lipinski definition) is 3. The zero-order valence-corrected chi connectivity index (χ0v) is 9.58. The fourth-order valence-corrected chi connectivity index (χ4v) is 1.80. The lowest BCUT2D eigenvalue weighted by Crippen LogP contribution is -2.18. The minimum absolute atomic E-state index is 0.0160. The second kappa shape index (κ2) is 4.19. The number of methoxy groups -OCH3 is 1. The maximum absolute atomic E-state index is 12.2. The summed E-state index contributed by atoms with van der Waals surface area (Å²) in [7, 11) is 1.25. The van der Waals surface area contributed by atoms with Gasteiger partial charge in [-0.2, -0.15) is 0 Å². The second-order valence-electron chi connectivity index (χ2n) is 4.19. The Kier molecular flexibility index (Phi) is 2.96. The van der Waals surface area contributed by atoms with E-state index in [1.54, 1.807) is 6.07 Å². The van der Waals surface area contributed by atoms with Gasteiger partial charge in [-0.05, 0) is 30.5 Å². The minimum atomic E-state index is -4.79. The standard InChI is InChI=1S/C12H11F3O3/c1-17-9-3-2-8(11(7-16)4-5-11)6-10(9)18-12(13,14)15/h2-3,6-7H,4-5H2,1H3. The number of ether oxygens (including phenoxy) is 2. The fourth-order valence-electron chi connectivity index (χ4n) is 1.80. The summed E-state index contributed by atoms with van der Waals surface area (Å²) in [5.74, 6) is -0.437. The van der Waals surface area contributed by atoms with Crippen LogP contribution < -0.4 is 9.47 Å². The van der Waals surface area contributed by atoms with Crippen LogP contribution in [0.2, 0.25) is 0 Å². The van der Waals surface area contributed by atoms with E-state index in [4.69, 9.17) is 4.74 Å². The van der Waals surface area contributed by atoms with Crippen LogP contribution in [0, 0.1) is 0 Å². The number of rotatable bonds is 4. The molecule has 0 aliphatic heterocycles. The Balaban J connectivity index is 2.36. The van der Waals surface area contributed by atoms with Crippen LogP contribution in [0.15, 0.2) is 18.2 Å². The van der Waals surface area contributed by atoms with E-state index in [1.807, 2.05) is 0 Å². The van der Waals surface area contributed by atoms with Crippen molar-refractivity contribution in [3.63, 3.8) is 0 Å². The van der Waals surface area contributed by atoms with Crippen molar-refractivity contribution >= 4 is 6.29 Å². The van der Waals surface area contributed by atoms with Gasteiger partial charge in [0.25, 0.3) is 0 Å². The predicted molar refractivity (Wildman–Crippen MR) is 56.7 cm³/mol. The van der Waals surface area contributed by atoms with E-state index in [0.29, 0.717) is 18.4 Å². The first-order valence-electron chi connectivity index (χ1n) is 5.31. The van der Waals surface area contributed by atoms with Crippen molar-refractivity contribution < 1.29 is 27.4 Å². The van der Waals surface area contributed by atoms with Gasteiger partial charge in [0.05, 0.1) is 12.5 Å². The molecule has 0 heterocycles. The number of carbonyl (C=O) groups excluding carboxylic acids is 1. The molecule has 1 aliphatic rings. The molecule has 0 spiro atoms. The van der Waals surface area contributed by atoms with E-state index in [-0.39, 0.29) is 5.75 Å². The highest BCUT2D eigenvalue weighted by atomic mass is 19.4. The van der Waals surface area contributed by atoms with Crippen LogP contribution in [0.5, 0.6) is 11.5 Å². The van der Waals surface area contributed by atoms with Gasteiger partial charge in [0.1, 0.15) is 6.29 Å². The van der Waals surface area contributed by atoms with Crippen molar-refractivity contribution in [2.24, 2.45) is 0 Å². The number of halogens is 3. The summed E-state index contributed by atoms with van der Waals surface area (Å²) in [6.07, 6.45) is -2.72. The normalized spacial score (nSPS) is 17.1. The van der Waals surface area contributed by atoms with Gasteiger partial charge in [0.15, 0.2) is 11.5 Å². The van der Waals surface area contributed by atoms with Gasteiger partial charge in [-0.3, -0.25) is 0 Å². The lowest BCUT2D eigenvalue weighted by molar-refractivity contribution is -0.275. The van der Waals surface area contributed by atoms with E-state index in [0.717, 1.165) is 6.29 Å². The first kappa shape index (κ1) is 12.7. The Morgan fingerprint density at radius 3 is 2.39 bits per heavy atom. The van der Waals surface area contributed by atoms with Gasteiger partial charge in [0.2, 0.25) is 0 Å². The Hall–Kier alpha value is -1.72. The third-order valence-electron chi connectivity index (χ3n) is 2.98. The van der Waals surface area contributed by atoms with Crippen LogP contribution in [0.1, 0.15) is 18.4 Å². The zero-order chi connectivity index (χ0) is 13.4. The number of hydrogen-bond donors (Lipinski definition) is 0. The molecule has 0 atom stereocenters. The minimum Gasteiger partial charge on any atom is -0.493 e. The molecule has 0 unspecified atom stereocenters. The molecule has 1 saturated carbocycles. The average molecular weight is 260 g/mol. The molecule has 0 radical (unpaired) electrons. The highest BCUT2D eigenvalue weighted by Gasteiger charge is 2.45. The van der Waals surface area contributed by atoms with Gasteiger partial charge < -0.3 is 14.3 Å². The van der Waals surface area contributed by atoms with Crippen LogP contribution in [-0.4, -0.2) is 19.8 Å². The van der Waals surface area contributed by atoms with E-state index >= 15 is 0 Å². The van der Waals surface area contributed by atoms with Crippen LogP contribution in [-0.2, 0) is 10.2 Å². The monoisotopic (exact) mass is 260 g/mol. The maximum atomic E-state index is 12.2. The smallest absolute Gasteiger partial charge is 0.493 e. The van der Waals surface area contributed by atoms with Crippen molar-refractivity contribution in [3.8, 4) is 11.5 Å². The SMILES string of the molecule is COc1ccc(C2(C=O)CC2)cc1OC(F)(F)F. The summed E-state index contributed by atoms with van der Waals surface area (Å²) >= 11 is 0. The zero-order valence-electron chi connectivity index (χ0n) is 9.58. The maximum Gasteiger partial charge on any atom is 0.573 e. The Labute approximate surface area is 102 Å². The largest absolute Gasteiger partial charge is 0.573 e. The van der Waals surface area contributed by atoms with Gasteiger partial charge >= 0.3 is 6.36 Å². The molecule has 18 heavy (non-hydrogen) atoms. The lowest BCUT2D eigenvalue weighted by atomic mass is 9.97. The number of alkyl halides is 3. The molecule has 6 heteroatoms. The van der Waals surface area contributed by atoms with E-state index in [9.17, 15) is 18.0 Å². The third kappa shape index (κ3) is 2.42. The molecule has 1 aromatic rings. The summed E-state index contributed by atoms with van der Waals surface area (Å²) in [5, 5.41) is 0. The van der Waals surface area contributed by atoms with Crippen LogP contribution in [0.3, 0.4) is 0 Å². The summed E-state index contributed by atoms with van der Waals surface area (Å²) in [6.45, 7) is 0. The summed E-state index contributed by atoms with van der Waals surface area (Å²) in [6, 6.07) is 4.18. The highest BCUT2D eigenvalue weighted by molar-refractivity contribution is 5.73. The lowest BCUT2D eigenvalue weighted by Gasteiger charge is -2.15. The molecule has 0 bridgehead atoms. The Bertz CT molecular complexity index is 464. The van der Waals surface area contributed by atoms with E-state index in [2.05, 4.69) is 4.74 Å². The first-order valence-corrected chi connectivity index (χ1v) is 5.31. The van der Waals surface area contributed by atoms with Gasteiger partial charge in [-0.1, -0.05) is 6.07 Å². The molecule has 0 aromatic heterocycles. The summed E-state index contributed by atoms with van der Waals surface area (Å²) < 4.78 is 45.4. The predicted octanol–water partition coefficient (Wildman–Crippen LogP) is 2.82. The van der Waals surface area contributed by atoms with E-state index in [1.165, 1.54) is 19.2 Å². The molecule has 2 rings (SSSR count). The van der Waals surface area contributed by atoms with Crippen LogP contribution >= 0.6 is 0 Å². The van der Waals surface area contributed by atoms with Crippen molar-refractivity contribution in [3.05, 3.63) is 23.8 Å². The van der Waals surface area contributed by atoms with Gasteiger partial charge in [-0.15, -0.1) is 13.2 Å². The average Bonchev–Trinajstić information content (AvgIpc) is 3.07. The number of aldehydes is 1. The number of carbonyl (C=O) groups is 1. The quantitative estimate of drug-likeness (QED) is 0.781. The van der Waals surface area contributed by atoms with Gasteiger partial charge in [-0.25, -0.2) is 0 Å². The molecular weight excluding hydrogens is 249 g/mol. The van der Waals surface area contributed by atoms with Crippen molar-refractivity contribution in [2.45, 2.75) is 24.6 Å². The van der Waals surface area contributed by atoms with Crippen molar-refractivity contribution in [2.75, 3.05) is 7.11 Å². The fraction of sp³-hybridized carbons (Fsp3) is 0.417.